The molecule has 130 valence electrons. The van der Waals surface area contributed by atoms with E-state index >= 15 is 0 Å². The van der Waals surface area contributed by atoms with Gasteiger partial charge in [-0.2, -0.15) is 0 Å². The molecule has 24 heavy (non-hydrogen) atoms. The molecule has 1 saturated carbocycles. The van der Waals surface area contributed by atoms with Crippen LogP contribution in [0.15, 0.2) is 46.6 Å². The molecule has 0 aliphatic heterocycles. The van der Waals surface area contributed by atoms with Crippen LogP contribution in [0.25, 0.3) is 0 Å². The molecule has 0 bridgehead atoms. The van der Waals surface area contributed by atoms with Crippen LogP contribution < -0.4 is 0 Å². The highest BCUT2D eigenvalue weighted by Gasteiger charge is 2.40. The van der Waals surface area contributed by atoms with E-state index in [0.29, 0.717) is 5.92 Å². The summed E-state index contributed by atoms with van der Waals surface area (Å²) >= 11 is 0. The van der Waals surface area contributed by atoms with Crippen LogP contribution in [0.3, 0.4) is 0 Å². The fraction of sp³-hybridized carbons (Fsp3) is 0.667. The molecule has 0 aromatic carbocycles. The molecule has 0 heteroatoms. The van der Waals surface area contributed by atoms with Gasteiger partial charge in [0.2, 0.25) is 0 Å². The summed E-state index contributed by atoms with van der Waals surface area (Å²) in [5.74, 6) is 4.11. The van der Waals surface area contributed by atoms with Gasteiger partial charge in [-0.1, -0.05) is 68.2 Å². The third-order valence-corrected chi connectivity index (χ3v) is 7.20. The maximum absolute atomic E-state index is 2.69. The molecule has 1 fully saturated rings. The topological polar surface area (TPSA) is 0 Å². The van der Waals surface area contributed by atoms with Gasteiger partial charge in [0.25, 0.3) is 0 Å². The smallest absolute Gasteiger partial charge is 0.0234 e. The quantitative estimate of drug-likeness (QED) is 0.524. The highest BCUT2D eigenvalue weighted by molar-refractivity contribution is 5.51. The summed E-state index contributed by atoms with van der Waals surface area (Å²) in [6.45, 7) is 7.40. The Kier molecular flexibility index (Phi) is 4.58. The molecule has 4 atom stereocenters. The van der Waals surface area contributed by atoms with Crippen LogP contribution in [0.5, 0.6) is 0 Å². The molecule has 0 saturated heterocycles. The van der Waals surface area contributed by atoms with E-state index in [1.807, 2.05) is 11.1 Å². The third-order valence-electron chi connectivity index (χ3n) is 7.20. The van der Waals surface area contributed by atoms with Crippen molar-refractivity contribution < 1.29 is 0 Å². The van der Waals surface area contributed by atoms with Crippen molar-refractivity contribution in [3.63, 3.8) is 0 Å². The molecule has 4 rings (SSSR count). The number of hydrogen-bond acceptors (Lipinski definition) is 0. The van der Waals surface area contributed by atoms with E-state index in [1.165, 1.54) is 51.4 Å². The van der Waals surface area contributed by atoms with E-state index in [4.69, 9.17) is 0 Å². The average molecular weight is 323 g/mol. The van der Waals surface area contributed by atoms with Crippen LogP contribution in [0.2, 0.25) is 0 Å². The van der Waals surface area contributed by atoms with Crippen LogP contribution in [0.4, 0.5) is 0 Å². The Balaban J connectivity index is 1.69. The second kappa shape index (κ2) is 6.70. The van der Waals surface area contributed by atoms with Gasteiger partial charge in [0, 0.05) is 5.92 Å². The predicted octanol–water partition coefficient (Wildman–Crippen LogP) is 7.01. The van der Waals surface area contributed by atoms with Gasteiger partial charge in [-0.3, -0.25) is 0 Å². The van der Waals surface area contributed by atoms with Gasteiger partial charge in [0.1, 0.15) is 0 Å². The van der Waals surface area contributed by atoms with Crippen LogP contribution in [-0.2, 0) is 0 Å². The molecular formula is C24H34. The number of hydrogen-bond donors (Lipinski definition) is 0. The molecule has 4 aliphatic carbocycles. The second-order valence-corrected chi connectivity index (χ2v) is 9.14. The molecule has 0 N–H and O–H groups in total. The lowest BCUT2D eigenvalue weighted by atomic mass is 9.64. The first-order chi connectivity index (χ1) is 11.6. The SMILES string of the molecule is CC(C)[C@@H]1CC[C@@H](C)CC1C1=CC2=C(CCCC2)C1C1=CC=CC1. The molecule has 0 aromatic heterocycles. The minimum absolute atomic E-state index is 0.673. The van der Waals surface area contributed by atoms with Crippen molar-refractivity contribution in [1.82, 2.24) is 0 Å². The molecular weight excluding hydrogens is 288 g/mol. The number of allylic oxidation sites excluding steroid dienone is 8. The molecule has 0 spiro atoms. The maximum atomic E-state index is 2.69. The van der Waals surface area contributed by atoms with Crippen LogP contribution >= 0.6 is 0 Å². The normalized spacial score (nSPS) is 36.2. The summed E-state index contributed by atoms with van der Waals surface area (Å²) in [6, 6.07) is 0. The van der Waals surface area contributed by atoms with Gasteiger partial charge in [-0.15, -0.1) is 0 Å². The largest absolute Gasteiger partial charge is 0.0804 e. The van der Waals surface area contributed by atoms with Crippen molar-refractivity contribution in [3.05, 3.63) is 46.6 Å². The molecule has 0 radical (unpaired) electrons. The first kappa shape index (κ1) is 16.4. The minimum Gasteiger partial charge on any atom is -0.0804 e. The molecule has 2 unspecified atom stereocenters. The fourth-order valence-electron chi connectivity index (χ4n) is 5.95. The molecule has 4 aliphatic rings. The maximum Gasteiger partial charge on any atom is 0.0234 e. The van der Waals surface area contributed by atoms with Crippen molar-refractivity contribution in [3.8, 4) is 0 Å². The summed E-state index contributed by atoms with van der Waals surface area (Å²) in [4.78, 5) is 0. The highest BCUT2D eigenvalue weighted by Crippen LogP contribution is 2.53. The first-order valence-corrected chi connectivity index (χ1v) is 10.4. The van der Waals surface area contributed by atoms with E-state index in [9.17, 15) is 0 Å². The lowest BCUT2D eigenvalue weighted by molar-refractivity contribution is 0.165. The Hall–Kier alpha value is -1.04. The van der Waals surface area contributed by atoms with Crippen molar-refractivity contribution in [2.24, 2.45) is 29.6 Å². The van der Waals surface area contributed by atoms with Crippen LogP contribution in [-0.4, -0.2) is 0 Å². The third kappa shape index (κ3) is 2.87. The van der Waals surface area contributed by atoms with Crippen LogP contribution in [0.1, 0.15) is 72.1 Å². The van der Waals surface area contributed by atoms with Crippen LogP contribution in [0, 0.1) is 29.6 Å². The first-order valence-electron chi connectivity index (χ1n) is 10.4. The van der Waals surface area contributed by atoms with Gasteiger partial charge in [-0.25, -0.2) is 0 Å². The summed E-state index contributed by atoms with van der Waals surface area (Å²) < 4.78 is 0. The monoisotopic (exact) mass is 322 g/mol. The highest BCUT2D eigenvalue weighted by atomic mass is 14.4. The van der Waals surface area contributed by atoms with Gasteiger partial charge >= 0.3 is 0 Å². The van der Waals surface area contributed by atoms with Gasteiger partial charge < -0.3 is 0 Å². The molecule has 0 heterocycles. The second-order valence-electron chi connectivity index (χ2n) is 9.14. The van der Waals surface area contributed by atoms with Gasteiger partial charge in [0.15, 0.2) is 0 Å². The molecule has 0 aromatic rings. The summed E-state index contributed by atoms with van der Waals surface area (Å²) in [5, 5.41) is 0. The van der Waals surface area contributed by atoms with Crippen molar-refractivity contribution >= 4 is 0 Å². The zero-order chi connectivity index (χ0) is 16.7. The predicted molar refractivity (Wildman–Crippen MR) is 104 cm³/mol. The molecule has 0 amide bonds. The lowest BCUT2D eigenvalue weighted by Crippen LogP contribution is -2.31. The summed E-state index contributed by atoms with van der Waals surface area (Å²) in [6.07, 6.45) is 20.8. The standard InChI is InChI=1S/C24H34/c1-16(2)20-13-12-17(3)14-22(20)23-15-19-10-6-7-11-21(19)24(23)18-8-4-5-9-18/h4-5,8,15-17,20,22,24H,6-7,9-14H2,1-3H3/t17-,20+,22?,24?/m1/s1. The summed E-state index contributed by atoms with van der Waals surface area (Å²) in [5.41, 5.74) is 7.05. The van der Waals surface area contributed by atoms with Gasteiger partial charge in [0.05, 0.1) is 0 Å². The fourth-order valence-corrected chi connectivity index (χ4v) is 5.95. The Morgan fingerprint density at radius 1 is 1.08 bits per heavy atom. The minimum atomic E-state index is 0.673. The Morgan fingerprint density at radius 3 is 2.67 bits per heavy atom. The van der Waals surface area contributed by atoms with E-state index in [-0.39, 0.29) is 0 Å². The van der Waals surface area contributed by atoms with Crippen molar-refractivity contribution in [1.29, 1.82) is 0 Å². The summed E-state index contributed by atoms with van der Waals surface area (Å²) in [7, 11) is 0. The van der Waals surface area contributed by atoms with E-state index < -0.39 is 0 Å². The van der Waals surface area contributed by atoms with Gasteiger partial charge in [-0.05, 0) is 74.2 Å². The Bertz CT molecular complexity index is 610. The zero-order valence-electron chi connectivity index (χ0n) is 15.9. The number of rotatable bonds is 3. The van der Waals surface area contributed by atoms with E-state index in [2.05, 4.69) is 45.1 Å². The zero-order valence-corrected chi connectivity index (χ0v) is 15.9. The Labute approximate surface area is 148 Å². The van der Waals surface area contributed by atoms with E-state index in [1.54, 1.807) is 11.1 Å². The van der Waals surface area contributed by atoms with Crippen molar-refractivity contribution in [2.45, 2.75) is 72.1 Å². The lowest BCUT2D eigenvalue weighted by Gasteiger charge is -2.41. The van der Waals surface area contributed by atoms with Crippen molar-refractivity contribution in [2.75, 3.05) is 0 Å². The van der Waals surface area contributed by atoms with E-state index in [0.717, 1.165) is 23.7 Å². The average Bonchev–Trinajstić information content (AvgIpc) is 3.21. The Morgan fingerprint density at radius 2 is 1.92 bits per heavy atom. The molecule has 0 nitrogen and oxygen atoms in total.